The largest absolute Gasteiger partial charge is 0.493 e. The number of nitrogens with zero attached hydrogens (tertiary/aromatic N) is 1. The van der Waals surface area contributed by atoms with Crippen molar-refractivity contribution in [2.24, 2.45) is 11.3 Å². The number of aliphatic hydroxyl groups excluding tert-OH is 2. The molecule has 2 saturated carbocycles. The second-order valence-electron chi connectivity index (χ2n) is 7.03. The number of hydrogen-bond donors (Lipinski definition) is 2. The van der Waals surface area contributed by atoms with Gasteiger partial charge in [-0.15, -0.1) is 0 Å². The molecule has 1 atom stereocenters. The summed E-state index contributed by atoms with van der Waals surface area (Å²) >= 11 is 0. The Hall–Kier alpha value is -1.77. The molecule has 2 N–H and O–H groups in total. The van der Waals surface area contributed by atoms with E-state index in [-0.39, 0.29) is 6.10 Å². The number of hydrogen-bond acceptors (Lipinski definition) is 5. The zero-order valence-electron chi connectivity index (χ0n) is 14.1. The van der Waals surface area contributed by atoms with Gasteiger partial charge in [0, 0.05) is 5.56 Å². The summed E-state index contributed by atoms with van der Waals surface area (Å²) in [5.74, 6) is 1.70. The van der Waals surface area contributed by atoms with Crippen molar-refractivity contribution in [2.45, 2.75) is 50.7 Å². The third kappa shape index (κ3) is 3.35. The maximum atomic E-state index is 11.0. The maximum Gasteiger partial charge on any atom is 0.167 e. The molecule has 0 bridgehead atoms. The van der Waals surface area contributed by atoms with Gasteiger partial charge in [0.2, 0.25) is 0 Å². The molecule has 1 unspecified atom stereocenters. The average molecular weight is 331 g/mol. The smallest absolute Gasteiger partial charge is 0.167 e. The molecule has 1 aromatic carbocycles. The summed E-state index contributed by atoms with van der Waals surface area (Å²) in [6.45, 7) is 0.609. The highest BCUT2D eigenvalue weighted by Crippen LogP contribution is 2.49. The summed E-state index contributed by atoms with van der Waals surface area (Å²) in [5, 5.41) is 30.5. The van der Waals surface area contributed by atoms with Gasteiger partial charge in [0.25, 0.3) is 0 Å². The molecule has 2 fully saturated rings. The van der Waals surface area contributed by atoms with Gasteiger partial charge in [-0.25, -0.2) is 0 Å². The standard InChI is InChI=1S/C19H25NO4/c1-23-16-4-2-3-15(17(16)24-11-13-5-6-13)18(22)19(12-20)9-7-14(21)8-10-19/h2-4,13-14,18,21-22H,5-11H2,1H3. The Balaban J connectivity index is 1.90. The molecule has 24 heavy (non-hydrogen) atoms. The van der Waals surface area contributed by atoms with Crippen LogP contribution in [0, 0.1) is 22.7 Å². The molecular weight excluding hydrogens is 306 g/mol. The summed E-state index contributed by atoms with van der Waals surface area (Å²) in [7, 11) is 1.58. The molecular formula is C19H25NO4. The Labute approximate surface area is 142 Å². The highest BCUT2D eigenvalue weighted by molar-refractivity contribution is 5.48. The first-order valence-electron chi connectivity index (χ1n) is 8.66. The third-order valence-corrected chi connectivity index (χ3v) is 5.28. The van der Waals surface area contributed by atoms with Crippen molar-refractivity contribution in [1.82, 2.24) is 0 Å². The Morgan fingerprint density at radius 3 is 2.58 bits per heavy atom. The summed E-state index contributed by atoms with van der Waals surface area (Å²) in [6, 6.07) is 7.74. The molecule has 0 amide bonds. The van der Waals surface area contributed by atoms with Gasteiger partial charge >= 0.3 is 0 Å². The van der Waals surface area contributed by atoms with E-state index in [1.807, 2.05) is 12.1 Å². The second kappa shape index (κ2) is 7.00. The van der Waals surface area contributed by atoms with Crippen molar-refractivity contribution in [3.05, 3.63) is 23.8 Å². The first-order valence-corrected chi connectivity index (χ1v) is 8.66. The molecule has 5 heteroatoms. The Morgan fingerprint density at radius 2 is 2.00 bits per heavy atom. The molecule has 5 nitrogen and oxygen atoms in total. The summed E-state index contributed by atoms with van der Waals surface area (Å²) < 4.78 is 11.4. The molecule has 0 radical (unpaired) electrons. The maximum absolute atomic E-state index is 11.0. The monoisotopic (exact) mass is 331 g/mol. The van der Waals surface area contributed by atoms with Crippen molar-refractivity contribution in [3.63, 3.8) is 0 Å². The van der Waals surface area contributed by atoms with E-state index in [1.54, 1.807) is 13.2 Å². The predicted octanol–water partition coefficient (Wildman–Crippen LogP) is 2.96. The van der Waals surface area contributed by atoms with E-state index in [0.29, 0.717) is 55.3 Å². The van der Waals surface area contributed by atoms with E-state index in [0.717, 1.165) is 0 Å². The third-order valence-electron chi connectivity index (χ3n) is 5.28. The lowest BCUT2D eigenvalue weighted by Crippen LogP contribution is -2.34. The summed E-state index contributed by atoms with van der Waals surface area (Å²) in [4.78, 5) is 0. The van der Waals surface area contributed by atoms with Crippen molar-refractivity contribution in [1.29, 1.82) is 5.26 Å². The molecule has 130 valence electrons. The van der Waals surface area contributed by atoms with Crippen LogP contribution in [0.25, 0.3) is 0 Å². The fourth-order valence-electron chi connectivity index (χ4n) is 3.41. The molecule has 1 aromatic rings. The van der Waals surface area contributed by atoms with Crippen molar-refractivity contribution >= 4 is 0 Å². The topological polar surface area (TPSA) is 82.7 Å². The molecule has 2 aliphatic rings. The highest BCUT2D eigenvalue weighted by Gasteiger charge is 2.43. The van der Waals surface area contributed by atoms with E-state index in [2.05, 4.69) is 6.07 Å². The van der Waals surface area contributed by atoms with E-state index < -0.39 is 11.5 Å². The Bertz CT molecular complexity index is 612. The van der Waals surface area contributed by atoms with Crippen molar-refractivity contribution in [3.8, 4) is 17.6 Å². The van der Waals surface area contributed by atoms with Crippen LogP contribution in [0.2, 0.25) is 0 Å². The minimum atomic E-state index is -0.959. The fraction of sp³-hybridized carbons (Fsp3) is 0.632. The van der Waals surface area contributed by atoms with Crippen LogP contribution < -0.4 is 9.47 Å². The quantitative estimate of drug-likeness (QED) is 0.837. The lowest BCUT2D eigenvalue weighted by Gasteiger charge is -2.37. The highest BCUT2D eigenvalue weighted by atomic mass is 16.5. The first-order chi connectivity index (χ1) is 11.6. The zero-order valence-corrected chi connectivity index (χ0v) is 14.1. The van der Waals surface area contributed by atoms with Crippen LogP contribution in [0.3, 0.4) is 0 Å². The molecule has 0 spiro atoms. The summed E-state index contributed by atoms with van der Waals surface area (Å²) in [6.07, 6.45) is 3.03. The minimum Gasteiger partial charge on any atom is -0.493 e. The van der Waals surface area contributed by atoms with Crippen molar-refractivity contribution < 1.29 is 19.7 Å². The second-order valence-corrected chi connectivity index (χ2v) is 7.03. The van der Waals surface area contributed by atoms with Gasteiger partial charge in [0.15, 0.2) is 11.5 Å². The molecule has 0 aliphatic heterocycles. The van der Waals surface area contributed by atoms with Gasteiger partial charge in [-0.2, -0.15) is 5.26 Å². The lowest BCUT2D eigenvalue weighted by molar-refractivity contribution is -0.000556. The molecule has 0 aromatic heterocycles. The van der Waals surface area contributed by atoms with Crippen LogP contribution in [0.5, 0.6) is 11.5 Å². The predicted molar refractivity (Wildman–Crippen MR) is 88.7 cm³/mol. The van der Waals surface area contributed by atoms with Gasteiger partial charge < -0.3 is 19.7 Å². The first kappa shape index (κ1) is 17.1. The number of aliphatic hydroxyl groups is 2. The normalized spacial score (nSPS) is 28.0. The van der Waals surface area contributed by atoms with E-state index >= 15 is 0 Å². The van der Waals surface area contributed by atoms with Gasteiger partial charge in [0.05, 0.1) is 31.3 Å². The van der Waals surface area contributed by atoms with Crippen LogP contribution in [0.1, 0.15) is 50.2 Å². The van der Waals surface area contributed by atoms with Gasteiger partial charge in [0.1, 0.15) is 6.10 Å². The number of ether oxygens (including phenoxy) is 2. The van der Waals surface area contributed by atoms with Crippen LogP contribution in [0.15, 0.2) is 18.2 Å². The van der Waals surface area contributed by atoms with Crippen LogP contribution in [-0.4, -0.2) is 30.0 Å². The SMILES string of the molecule is COc1cccc(C(O)C2(C#N)CCC(O)CC2)c1OCC1CC1. The van der Waals surface area contributed by atoms with Crippen LogP contribution in [-0.2, 0) is 0 Å². The zero-order chi connectivity index (χ0) is 17.2. The van der Waals surface area contributed by atoms with E-state index in [9.17, 15) is 15.5 Å². The van der Waals surface area contributed by atoms with Crippen LogP contribution in [0.4, 0.5) is 0 Å². The number of rotatable bonds is 6. The fourth-order valence-corrected chi connectivity index (χ4v) is 3.41. The number of methoxy groups -OCH3 is 1. The number of benzene rings is 1. The molecule has 2 aliphatic carbocycles. The van der Waals surface area contributed by atoms with Gasteiger partial charge in [-0.3, -0.25) is 0 Å². The number of para-hydroxylation sites is 1. The molecule has 0 saturated heterocycles. The van der Waals surface area contributed by atoms with Crippen molar-refractivity contribution in [2.75, 3.05) is 13.7 Å². The number of nitriles is 1. The van der Waals surface area contributed by atoms with E-state index in [4.69, 9.17) is 9.47 Å². The average Bonchev–Trinajstić information content (AvgIpc) is 3.44. The van der Waals surface area contributed by atoms with Gasteiger partial charge in [-0.05, 0) is 50.5 Å². The Morgan fingerprint density at radius 1 is 1.29 bits per heavy atom. The summed E-state index contributed by atoms with van der Waals surface area (Å²) in [5.41, 5.74) is -0.281. The van der Waals surface area contributed by atoms with E-state index in [1.165, 1.54) is 12.8 Å². The Kier molecular flexibility index (Phi) is 4.98. The minimum absolute atomic E-state index is 0.380. The molecule has 0 heterocycles. The van der Waals surface area contributed by atoms with Crippen LogP contribution >= 0.6 is 0 Å². The lowest BCUT2D eigenvalue weighted by atomic mass is 9.68. The molecule has 3 rings (SSSR count). The van der Waals surface area contributed by atoms with Gasteiger partial charge in [-0.1, -0.05) is 12.1 Å².